The number of carbonyl (C=O) groups is 1. The molecule has 2 N–H and O–H groups in total. The van der Waals surface area contributed by atoms with Gasteiger partial charge in [-0.25, -0.2) is 9.78 Å². The fourth-order valence-corrected chi connectivity index (χ4v) is 2.24. The van der Waals surface area contributed by atoms with Crippen LogP contribution in [0.5, 0.6) is 0 Å². The molecular formula is C12H15N3O2S. The Balaban J connectivity index is 1.80. The highest BCUT2D eigenvalue weighted by atomic mass is 32.1. The Labute approximate surface area is 109 Å². The summed E-state index contributed by atoms with van der Waals surface area (Å²) in [5, 5.41) is 5.31. The van der Waals surface area contributed by atoms with Crippen LogP contribution in [0.3, 0.4) is 0 Å². The number of methoxy groups -OCH3 is 1. The Bertz CT molecular complexity index is 493. The van der Waals surface area contributed by atoms with Gasteiger partial charge >= 0.3 is 5.97 Å². The van der Waals surface area contributed by atoms with Gasteiger partial charge in [0.05, 0.1) is 23.9 Å². The van der Waals surface area contributed by atoms with Crippen molar-refractivity contribution in [3.05, 3.63) is 40.1 Å². The summed E-state index contributed by atoms with van der Waals surface area (Å²) >= 11 is 1.60. The third-order valence-electron chi connectivity index (χ3n) is 2.58. The molecular weight excluding hydrogens is 250 g/mol. The molecule has 0 atom stereocenters. The number of H-pyrrole nitrogens is 1. The zero-order chi connectivity index (χ0) is 12.8. The van der Waals surface area contributed by atoms with Gasteiger partial charge in [-0.05, 0) is 6.07 Å². The Morgan fingerprint density at radius 3 is 3.22 bits per heavy atom. The summed E-state index contributed by atoms with van der Waals surface area (Å²) in [7, 11) is 1.38. The number of nitrogens with zero attached hydrogens (tertiary/aromatic N) is 1. The zero-order valence-corrected chi connectivity index (χ0v) is 10.9. The van der Waals surface area contributed by atoms with E-state index in [1.165, 1.54) is 7.11 Å². The molecule has 2 aromatic rings. The molecule has 0 saturated heterocycles. The number of rotatable bonds is 6. The van der Waals surface area contributed by atoms with E-state index < -0.39 is 0 Å². The lowest BCUT2D eigenvalue weighted by Crippen LogP contribution is -2.18. The lowest BCUT2D eigenvalue weighted by Gasteiger charge is -2.04. The quantitative estimate of drug-likeness (QED) is 0.615. The number of nitrogens with one attached hydrogen (secondary N) is 2. The van der Waals surface area contributed by atoms with E-state index in [1.54, 1.807) is 23.6 Å². The molecule has 5 nitrogen and oxygen atoms in total. The second-order valence-electron chi connectivity index (χ2n) is 3.77. The number of esters is 1. The number of aromatic nitrogens is 2. The Morgan fingerprint density at radius 2 is 2.50 bits per heavy atom. The molecule has 0 unspecified atom stereocenters. The first kappa shape index (κ1) is 12.8. The monoisotopic (exact) mass is 265 g/mol. The van der Waals surface area contributed by atoms with Crippen molar-refractivity contribution in [2.45, 2.75) is 13.0 Å². The van der Waals surface area contributed by atoms with E-state index in [0.717, 1.165) is 24.4 Å². The van der Waals surface area contributed by atoms with Crippen molar-refractivity contribution in [3.63, 3.8) is 0 Å². The number of hydrogen-bond acceptors (Lipinski definition) is 5. The van der Waals surface area contributed by atoms with Crippen LogP contribution in [0.15, 0.2) is 23.2 Å². The van der Waals surface area contributed by atoms with Crippen LogP contribution in [0.25, 0.3) is 0 Å². The second-order valence-corrected chi connectivity index (χ2v) is 4.49. The number of thiazole rings is 1. The van der Waals surface area contributed by atoms with Crippen molar-refractivity contribution in [2.24, 2.45) is 0 Å². The van der Waals surface area contributed by atoms with E-state index in [-0.39, 0.29) is 5.97 Å². The van der Waals surface area contributed by atoms with Crippen LogP contribution in [-0.2, 0) is 17.7 Å². The van der Waals surface area contributed by atoms with E-state index in [2.05, 4.69) is 15.3 Å². The maximum absolute atomic E-state index is 11.4. The molecule has 0 spiro atoms. The van der Waals surface area contributed by atoms with Gasteiger partial charge in [0, 0.05) is 36.8 Å². The third kappa shape index (κ3) is 3.18. The topological polar surface area (TPSA) is 67.0 Å². The molecule has 0 aromatic carbocycles. The van der Waals surface area contributed by atoms with Crippen molar-refractivity contribution in [1.29, 1.82) is 0 Å². The largest absolute Gasteiger partial charge is 0.465 e. The molecule has 0 aliphatic heterocycles. The molecule has 0 aliphatic rings. The van der Waals surface area contributed by atoms with Crippen LogP contribution >= 0.6 is 11.3 Å². The lowest BCUT2D eigenvalue weighted by atomic mass is 10.2. The molecule has 0 amide bonds. The van der Waals surface area contributed by atoms with Crippen LogP contribution in [-0.4, -0.2) is 29.6 Å². The number of hydrogen-bond donors (Lipinski definition) is 2. The fourth-order valence-electron chi connectivity index (χ4n) is 1.64. The molecule has 6 heteroatoms. The Morgan fingerprint density at radius 1 is 1.61 bits per heavy atom. The van der Waals surface area contributed by atoms with Gasteiger partial charge in [-0.15, -0.1) is 11.3 Å². The molecule has 0 aliphatic carbocycles. The molecule has 2 rings (SSSR count). The van der Waals surface area contributed by atoms with Gasteiger partial charge in [0.15, 0.2) is 0 Å². The first-order chi connectivity index (χ1) is 8.81. The number of ether oxygens (including phenoxy) is 1. The average Bonchev–Trinajstić information content (AvgIpc) is 3.04. The van der Waals surface area contributed by atoms with Crippen LogP contribution < -0.4 is 5.32 Å². The van der Waals surface area contributed by atoms with E-state index in [9.17, 15) is 4.79 Å². The second kappa shape index (κ2) is 6.32. The van der Waals surface area contributed by atoms with Gasteiger partial charge < -0.3 is 15.0 Å². The van der Waals surface area contributed by atoms with E-state index in [0.29, 0.717) is 12.1 Å². The molecule has 2 aromatic heterocycles. The fraction of sp³-hybridized carbons (Fsp3) is 0.333. The summed E-state index contributed by atoms with van der Waals surface area (Å²) in [4.78, 5) is 18.7. The summed E-state index contributed by atoms with van der Waals surface area (Å²) in [6.45, 7) is 1.44. The molecule has 2 heterocycles. The summed E-state index contributed by atoms with van der Waals surface area (Å²) in [5.41, 5.74) is 4.35. The Hall–Kier alpha value is -1.66. The highest BCUT2D eigenvalue weighted by Crippen LogP contribution is 2.08. The third-order valence-corrected chi connectivity index (χ3v) is 3.22. The zero-order valence-electron chi connectivity index (χ0n) is 10.1. The van der Waals surface area contributed by atoms with Crippen molar-refractivity contribution < 1.29 is 9.53 Å². The van der Waals surface area contributed by atoms with E-state index in [1.807, 2.05) is 10.9 Å². The number of carbonyl (C=O) groups excluding carboxylic acids is 1. The Kier molecular flexibility index (Phi) is 4.49. The summed E-state index contributed by atoms with van der Waals surface area (Å²) in [6, 6.07) is 1.73. The molecule has 0 radical (unpaired) electrons. The predicted octanol–water partition coefficient (Wildman–Crippen LogP) is 1.59. The van der Waals surface area contributed by atoms with Crippen LogP contribution in [0.4, 0.5) is 0 Å². The minimum atomic E-state index is -0.312. The van der Waals surface area contributed by atoms with Crippen LogP contribution in [0, 0.1) is 0 Å². The first-order valence-corrected chi connectivity index (χ1v) is 6.58. The van der Waals surface area contributed by atoms with Gasteiger partial charge in [-0.2, -0.15) is 0 Å². The van der Waals surface area contributed by atoms with Crippen LogP contribution in [0.1, 0.15) is 21.7 Å². The van der Waals surface area contributed by atoms with E-state index in [4.69, 9.17) is 4.74 Å². The van der Waals surface area contributed by atoms with Crippen molar-refractivity contribution in [3.8, 4) is 0 Å². The lowest BCUT2D eigenvalue weighted by molar-refractivity contribution is 0.0599. The highest BCUT2D eigenvalue weighted by Gasteiger charge is 2.11. The molecule has 0 saturated carbocycles. The SMILES string of the molecule is COC(=O)c1cc[nH]c1CNCCc1cscn1. The maximum atomic E-state index is 11.4. The van der Waals surface area contributed by atoms with Gasteiger partial charge in [0.1, 0.15) is 0 Å². The molecule has 18 heavy (non-hydrogen) atoms. The maximum Gasteiger partial charge on any atom is 0.339 e. The molecule has 0 bridgehead atoms. The molecule has 0 fully saturated rings. The van der Waals surface area contributed by atoms with Crippen LogP contribution in [0.2, 0.25) is 0 Å². The van der Waals surface area contributed by atoms with Gasteiger partial charge in [0.25, 0.3) is 0 Å². The van der Waals surface area contributed by atoms with Gasteiger partial charge in [-0.1, -0.05) is 0 Å². The summed E-state index contributed by atoms with van der Waals surface area (Å²) < 4.78 is 4.71. The first-order valence-electron chi connectivity index (χ1n) is 5.63. The van der Waals surface area contributed by atoms with Gasteiger partial charge in [0.2, 0.25) is 0 Å². The van der Waals surface area contributed by atoms with Crippen molar-refractivity contribution >= 4 is 17.3 Å². The normalized spacial score (nSPS) is 10.5. The van der Waals surface area contributed by atoms with Crippen molar-refractivity contribution in [1.82, 2.24) is 15.3 Å². The predicted molar refractivity (Wildman–Crippen MR) is 69.7 cm³/mol. The minimum absolute atomic E-state index is 0.312. The highest BCUT2D eigenvalue weighted by molar-refractivity contribution is 7.07. The minimum Gasteiger partial charge on any atom is -0.465 e. The summed E-state index contributed by atoms with van der Waals surface area (Å²) in [5.74, 6) is -0.312. The van der Waals surface area contributed by atoms with Crippen molar-refractivity contribution in [2.75, 3.05) is 13.7 Å². The standard InChI is InChI=1S/C12H15N3O2S/c1-17-12(16)10-3-5-14-11(10)6-13-4-2-9-7-18-8-15-9/h3,5,7-8,13-14H,2,4,6H2,1H3. The number of aromatic amines is 1. The summed E-state index contributed by atoms with van der Waals surface area (Å²) in [6.07, 6.45) is 2.63. The van der Waals surface area contributed by atoms with Gasteiger partial charge in [-0.3, -0.25) is 0 Å². The molecule has 96 valence electrons. The van der Waals surface area contributed by atoms with E-state index >= 15 is 0 Å². The average molecular weight is 265 g/mol. The smallest absolute Gasteiger partial charge is 0.339 e.